The molecule has 2 N–H and O–H groups in total. The lowest BCUT2D eigenvalue weighted by Crippen LogP contribution is -2.20. The maximum atomic E-state index is 11.9. The van der Waals surface area contributed by atoms with Crippen LogP contribution in [0.5, 0.6) is 0 Å². The van der Waals surface area contributed by atoms with Crippen LogP contribution in [0, 0.1) is 0 Å². The fraction of sp³-hybridized carbons (Fsp3) is 0.636. The Bertz CT molecular complexity index is 452. The lowest BCUT2D eigenvalue weighted by molar-refractivity contribution is -0.173. The van der Waals surface area contributed by atoms with Crippen molar-refractivity contribution in [2.24, 2.45) is 0 Å². The van der Waals surface area contributed by atoms with Gasteiger partial charge in [0.15, 0.2) is 0 Å². The second kappa shape index (κ2) is 5.70. The molecule has 0 radical (unpaired) electrons. The molecule has 2 heterocycles. The van der Waals surface area contributed by atoms with Crippen molar-refractivity contribution >= 4 is 5.82 Å². The van der Waals surface area contributed by atoms with Gasteiger partial charge >= 0.3 is 6.18 Å². The van der Waals surface area contributed by atoms with Gasteiger partial charge in [-0.25, -0.2) is 9.97 Å². The molecule has 1 aliphatic rings. The first kappa shape index (κ1) is 14.0. The summed E-state index contributed by atoms with van der Waals surface area (Å²) in [5.41, 5.74) is 7.34. The Morgan fingerprint density at radius 1 is 1.32 bits per heavy atom. The number of fused-ring (bicyclic) bond motifs is 1. The van der Waals surface area contributed by atoms with Crippen LogP contribution in [0.3, 0.4) is 0 Å². The first-order valence-electron chi connectivity index (χ1n) is 5.82. The summed E-state index contributed by atoms with van der Waals surface area (Å²) in [4.78, 5) is 8.32. The number of halogens is 3. The Kier molecular flexibility index (Phi) is 4.20. The largest absolute Gasteiger partial charge is 0.411 e. The van der Waals surface area contributed by atoms with Crippen LogP contribution in [0.1, 0.15) is 17.1 Å². The molecular formula is C11H14F3N3O2. The van der Waals surface area contributed by atoms with E-state index in [1.54, 1.807) is 0 Å². The van der Waals surface area contributed by atoms with E-state index in [0.717, 1.165) is 11.3 Å². The van der Waals surface area contributed by atoms with Crippen LogP contribution in [-0.2, 0) is 28.9 Å². The van der Waals surface area contributed by atoms with E-state index < -0.39 is 12.8 Å². The predicted molar refractivity (Wildman–Crippen MR) is 60.4 cm³/mol. The van der Waals surface area contributed by atoms with Crippen molar-refractivity contribution in [2.45, 2.75) is 25.6 Å². The number of hydrogen-bond donors (Lipinski definition) is 1. The number of hydrogen-bond acceptors (Lipinski definition) is 5. The molecule has 8 heteroatoms. The molecule has 0 saturated carbocycles. The zero-order valence-electron chi connectivity index (χ0n) is 10.2. The van der Waals surface area contributed by atoms with Crippen LogP contribution >= 0.6 is 0 Å². The first-order chi connectivity index (χ1) is 8.96. The summed E-state index contributed by atoms with van der Waals surface area (Å²) in [6.07, 6.45) is -3.47. The Morgan fingerprint density at radius 2 is 2.11 bits per heavy atom. The molecule has 0 saturated heterocycles. The van der Waals surface area contributed by atoms with Crippen molar-refractivity contribution in [1.29, 1.82) is 0 Å². The number of alkyl halides is 3. The number of ether oxygens (including phenoxy) is 2. The molecule has 0 amide bonds. The minimum absolute atomic E-state index is 0.0891. The molecule has 0 aromatic carbocycles. The van der Waals surface area contributed by atoms with Crippen LogP contribution in [0.15, 0.2) is 0 Å². The summed E-state index contributed by atoms with van der Waals surface area (Å²) in [6, 6.07) is 0. The maximum absolute atomic E-state index is 11.9. The standard InChI is InChI=1S/C11H14F3N3O2/c12-11(13,14)6-19-4-2-9-16-8-1-3-18-5-7(8)10(15)17-9/h1-6H2,(H2,15,16,17). The minimum Gasteiger partial charge on any atom is -0.383 e. The molecule has 19 heavy (non-hydrogen) atoms. The smallest absolute Gasteiger partial charge is 0.383 e. The second-order valence-electron chi connectivity index (χ2n) is 4.17. The molecule has 1 aromatic heterocycles. The molecule has 5 nitrogen and oxygen atoms in total. The predicted octanol–water partition coefficient (Wildman–Crippen LogP) is 1.25. The third-order valence-corrected chi connectivity index (χ3v) is 2.64. The van der Waals surface area contributed by atoms with Crippen LogP contribution < -0.4 is 5.73 Å². The summed E-state index contributed by atoms with van der Waals surface area (Å²) in [6.45, 7) is -0.408. The van der Waals surface area contributed by atoms with E-state index >= 15 is 0 Å². The van der Waals surface area contributed by atoms with Crippen molar-refractivity contribution in [2.75, 3.05) is 25.6 Å². The van der Waals surface area contributed by atoms with E-state index in [4.69, 9.17) is 10.5 Å². The van der Waals surface area contributed by atoms with E-state index in [1.807, 2.05) is 0 Å². The summed E-state index contributed by atoms with van der Waals surface area (Å²) in [5, 5.41) is 0. The Hall–Kier alpha value is -1.41. The molecular weight excluding hydrogens is 263 g/mol. The minimum atomic E-state index is -4.31. The maximum Gasteiger partial charge on any atom is 0.411 e. The number of nitrogens with two attached hydrogens (primary N) is 1. The monoisotopic (exact) mass is 277 g/mol. The number of aromatic nitrogens is 2. The van der Waals surface area contributed by atoms with Crippen LogP contribution in [0.25, 0.3) is 0 Å². The highest BCUT2D eigenvalue weighted by Gasteiger charge is 2.27. The van der Waals surface area contributed by atoms with Gasteiger partial charge in [0, 0.05) is 18.4 Å². The fourth-order valence-corrected chi connectivity index (χ4v) is 1.77. The normalized spacial score (nSPS) is 15.3. The summed E-state index contributed by atoms with van der Waals surface area (Å²) in [7, 11) is 0. The van der Waals surface area contributed by atoms with Crippen molar-refractivity contribution in [1.82, 2.24) is 9.97 Å². The van der Waals surface area contributed by atoms with E-state index in [9.17, 15) is 13.2 Å². The Morgan fingerprint density at radius 3 is 2.84 bits per heavy atom. The van der Waals surface area contributed by atoms with Gasteiger partial charge in [0.25, 0.3) is 0 Å². The highest BCUT2D eigenvalue weighted by molar-refractivity contribution is 5.42. The van der Waals surface area contributed by atoms with Gasteiger partial charge in [0.2, 0.25) is 0 Å². The summed E-state index contributed by atoms with van der Waals surface area (Å²) in [5.74, 6) is 0.732. The number of rotatable bonds is 4. The number of anilines is 1. The third kappa shape index (κ3) is 4.03. The Balaban J connectivity index is 1.92. The average Bonchev–Trinajstić information content (AvgIpc) is 2.34. The van der Waals surface area contributed by atoms with E-state index in [-0.39, 0.29) is 13.0 Å². The molecule has 2 rings (SSSR count). The van der Waals surface area contributed by atoms with E-state index in [0.29, 0.717) is 31.3 Å². The van der Waals surface area contributed by atoms with E-state index in [2.05, 4.69) is 14.7 Å². The SMILES string of the molecule is Nc1nc(CCOCC(F)(F)F)nc2c1COCC2. The zero-order chi connectivity index (χ0) is 13.9. The van der Waals surface area contributed by atoms with Gasteiger partial charge in [-0.1, -0.05) is 0 Å². The number of nitrogen functional groups attached to an aromatic ring is 1. The molecule has 106 valence electrons. The van der Waals surface area contributed by atoms with Gasteiger partial charge in [-0.05, 0) is 0 Å². The van der Waals surface area contributed by atoms with Crippen molar-refractivity contribution < 1.29 is 22.6 Å². The topological polar surface area (TPSA) is 70.3 Å². The first-order valence-corrected chi connectivity index (χ1v) is 5.82. The molecule has 0 aliphatic carbocycles. The van der Waals surface area contributed by atoms with Gasteiger partial charge in [-0.3, -0.25) is 0 Å². The quantitative estimate of drug-likeness (QED) is 0.839. The zero-order valence-corrected chi connectivity index (χ0v) is 10.2. The van der Waals surface area contributed by atoms with Gasteiger partial charge in [0.05, 0.1) is 25.5 Å². The summed E-state index contributed by atoms with van der Waals surface area (Å²) < 4.78 is 45.4. The second-order valence-corrected chi connectivity index (χ2v) is 4.17. The van der Waals surface area contributed by atoms with Crippen molar-refractivity contribution in [3.05, 3.63) is 17.1 Å². The lowest BCUT2D eigenvalue weighted by Gasteiger charge is -2.17. The summed E-state index contributed by atoms with van der Waals surface area (Å²) >= 11 is 0. The molecule has 0 spiro atoms. The fourth-order valence-electron chi connectivity index (χ4n) is 1.77. The average molecular weight is 277 g/mol. The van der Waals surface area contributed by atoms with Gasteiger partial charge in [-0.2, -0.15) is 13.2 Å². The highest BCUT2D eigenvalue weighted by Crippen LogP contribution is 2.20. The molecule has 1 aliphatic heterocycles. The van der Waals surface area contributed by atoms with E-state index in [1.165, 1.54) is 0 Å². The molecule has 0 bridgehead atoms. The van der Waals surface area contributed by atoms with Crippen LogP contribution in [-0.4, -0.2) is 36.0 Å². The van der Waals surface area contributed by atoms with Gasteiger partial charge < -0.3 is 15.2 Å². The van der Waals surface area contributed by atoms with Crippen LogP contribution in [0.2, 0.25) is 0 Å². The molecule has 1 aromatic rings. The third-order valence-electron chi connectivity index (χ3n) is 2.64. The van der Waals surface area contributed by atoms with Crippen molar-refractivity contribution in [3.63, 3.8) is 0 Å². The lowest BCUT2D eigenvalue weighted by atomic mass is 10.1. The molecule has 0 fully saturated rings. The molecule has 0 atom stereocenters. The molecule has 0 unspecified atom stereocenters. The number of nitrogens with zero attached hydrogens (tertiary/aromatic N) is 2. The van der Waals surface area contributed by atoms with Gasteiger partial charge in [0.1, 0.15) is 18.2 Å². The van der Waals surface area contributed by atoms with Crippen LogP contribution in [0.4, 0.5) is 19.0 Å². The Labute approximate surface area is 107 Å². The van der Waals surface area contributed by atoms with Gasteiger partial charge in [-0.15, -0.1) is 0 Å². The van der Waals surface area contributed by atoms with Crippen molar-refractivity contribution in [3.8, 4) is 0 Å². The highest BCUT2D eigenvalue weighted by atomic mass is 19.4.